The van der Waals surface area contributed by atoms with Crippen molar-refractivity contribution in [2.45, 2.75) is 65.5 Å². The fourth-order valence-electron chi connectivity index (χ4n) is 6.08. The van der Waals surface area contributed by atoms with Crippen LogP contribution in [0, 0.1) is 10.8 Å². The molecule has 3 aliphatic rings. The normalized spacial score (nSPS) is 31.1. The van der Waals surface area contributed by atoms with E-state index >= 15 is 0 Å². The van der Waals surface area contributed by atoms with Gasteiger partial charge in [-0.2, -0.15) is 0 Å². The van der Waals surface area contributed by atoms with E-state index in [1.807, 2.05) is 12.1 Å². The molecule has 1 aromatic carbocycles. The van der Waals surface area contributed by atoms with Crippen LogP contribution in [0.2, 0.25) is 0 Å². The first-order valence-electron chi connectivity index (χ1n) is 10.6. The second-order valence-electron chi connectivity index (χ2n) is 10.3. The van der Waals surface area contributed by atoms with Crippen LogP contribution < -0.4 is 10.2 Å². The van der Waals surface area contributed by atoms with Crippen LogP contribution in [0.3, 0.4) is 0 Å². The maximum atomic E-state index is 13.2. The van der Waals surface area contributed by atoms with Crippen LogP contribution in [0.1, 0.15) is 63.7 Å². The molecule has 1 aliphatic carbocycles. The van der Waals surface area contributed by atoms with Crippen LogP contribution in [0.5, 0.6) is 0 Å². The Hall–Kier alpha value is -2.04. The molecule has 2 bridgehead atoms. The molecular weight excluding hydrogens is 350 g/mol. The summed E-state index contributed by atoms with van der Waals surface area (Å²) in [6.07, 6.45) is 4.40. The predicted octanol–water partition coefficient (Wildman–Crippen LogP) is 3.44. The Morgan fingerprint density at radius 1 is 1.11 bits per heavy atom. The lowest BCUT2D eigenvalue weighted by Gasteiger charge is -2.39. The molecule has 5 heteroatoms. The fraction of sp³-hybridized carbons (Fsp3) is 0.652. The number of rotatable bonds is 3. The third-order valence-corrected chi connectivity index (χ3v) is 6.75. The topological polar surface area (TPSA) is 52.7 Å². The lowest BCUT2D eigenvalue weighted by molar-refractivity contribution is -0.119. The minimum absolute atomic E-state index is 0.0282. The van der Waals surface area contributed by atoms with Crippen LogP contribution in [0.4, 0.5) is 5.69 Å². The minimum atomic E-state index is 0.0282. The third kappa shape index (κ3) is 3.76. The molecule has 0 radical (unpaired) electrons. The van der Waals surface area contributed by atoms with Crippen LogP contribution in [0.15, 0.2) is 24.3 Å². The third-order valence-electron chi connectivity index (χ3n) is 6.75. The molecule has 3 unspecified atom stereocenters. The summed E-state index contributed by atoms with van der Waals surface area (Å²) < 4.78 is 0. The van der Waals surface area contributed by atoms with Gasteiger partial charge in [-0.05, 0) is 60.8 Å². The molecule has 4 rings (SSSR count). The number of carbonyl (C=O) groups is 2. The Kier molecular flexibility index (Phi) is 4.67. The smallest absolute Gasteiger partial charge is 0.254 e. The SMILES string of the molecule is CC(=O)NC1CCN(c2ccc(C(=O)N3CC4(C)CC3CC(C)(C)C4)cc2)C1. The van der Waals surface area contributed by atoms with Crippen LogP contribution in [-0.4, -0.2) is 48.4 Å². The van der Waals surface area contributed by atoms with Gasteiger partial charge in [-0.15, -0.1) is 0 Å². The molecule has 1 aromatic rings. The standard InChI is InChI=1S/C23H33N3O2/c1-16(27)24-18-9-10-25(13-18)19-7-5-17(6-8-19)21(28)26-15-23(4)12-20(26)11-22(2,3)14-23/h5-8,18,20H,9-15H2,1-4H3,(H,24,27). The van der Waals surface area contributed by atoms with Gasteiger partial charge in [0.1, 0.15) is 0 Å². The number of carbonyl (C=O) groups excluding carboxylic acids is 2. The van der Waals surface area contributed by atoms with Crippen molar-refractivity contribution in [1.29, 1.82) is 0 Å². The fourth-order valence-corrected chi connectivity index (χ4v) is 6.08. The van der Waals surface area contributed by atoms with Gasteiger partial charge in [0.2, 0.25) is 5.91 Å². The molecule has 3 fully saturated rings. The van der Waals surface area contributed by atoms with E-state index in [1.54, 1.807) is 6.92 Å². The summed E-state index contributed by atoms with van der Waals surface area (Å²) in [7, 11) is 0. The summed E-state index contributed by atoms with van der Waals surface area (Å²) in [6, 6.07) is 8.64. The van der Waals surface area contributed by atoms with Gasteiger partial charge in [0.15, 0.2) is 0 Å². The number of nitrogens with one attached hydrogen (secondary N) is 1. The van der Waals surface area contributed by atoms with Crippen molar-refractivity contribution in [3.63, 3.8) is 0 Å². The van der Waals surface area contributed by atoms with Crippen molar-refractivity contribution in [2.24, 2.45) is 10.8 Å². The van der Waals surface area contributed by atoms with E-state index in [0.717, 1.165) is 50.1 Å². The predicted molar refractivity (Wildman–Crippen MR) is 111 cm³/mol. The molecule has 1 N–H and O–H groups in total. The lowest BCUT2D eigenvalue weighted by atomic mass is 9.65. The molecule has 2 saturated heterocycles. The molecular formula is C23H33N3O2. The minimum Gasteiger partial charge on any atom is -0.369 e. The molecule has 28 heavy (non-hydrogen) atoms. The Labute approximate surface area is 168 Å². The highest BCUT2D eigenvalue weighted by Crippen LogP contribution is 2.52. The maximum Gasteiger partial charge on any atom is 0.254 e. The van der Waals surface area contributed by atoms with E-state index in [0.29, 0.717) is 11.5 Å². The van der Waals surface area contributed by atoms with Crippen LogP contribution >= 0.6 is 0 Å². The molecule has 2 aliphatic heterocycles. The monoisotopic (exact) mass is 383 g/mol. The molecule has 0 spiro atoms. The zero-order chi connectivity index (χ0) is 20.1. The number of fused-ring (bicyclic) bond motifs is 2. The number of amides is 2. The Morgan fingerprint density at radius 3 is 2.50 bits per heavy atom. The van der Waals surface area contributed by atoms with Gasteiger partial charge in [-0.25, -0.2) is 0 Å². The molecule has 5 nitrogen and oxygen atoms in total. The Balaban J connectivity index is 1.43. The highest BCUT2D eigenvalue weighted by atomic mass is 16.2. The van der Waals surface area contributed by atoms with Gasteiger partial charge in [-0.3, -0.25) is 9.59 Å². The van der Waals surface area contributed by atoms with Crippen LogP contribution in [0.25, 0.3) is 0 Å². The van der Waals surface area contributed by atoms with Gasteiger partial charge in [0.05, 0.1) is 0 Å². The van der Waals surface area contributed by atoms with E-state index in [-0.39, 0.29) is 23.3 Å². The lowest BCUT2D eigenvalue weighted by Crippen LogP contribution is -2.37. The Morgan fingerprint density at radius 2 is 1.82 bits per heavy atom. The summed E-state index contributed by atoms with van der Waals surface area (Å²) in [5.41, 5.74) is 2.49. The average molecular weight is 384 g/mol. The zero-order valence-electron chi connectivity index (χ0n) is 17.6. The molecule has 2 heterocycles. The van der Waals surface area contributed by atoms with Gasteiger partial charge in [-0.1, -0.05) is 20.8 Å². The number of anilines is 1. The summed E-state index contributed by atoms with van der Waals surface area (Å²) in [5.74, 6) is 0.205. The molecule has 2 amide bonds. The highest BCUT2D eigenvalue weighted by Gasteiger charge is 2.51. The van der Waals surface area contributed by atoms with Crippen LogP contribution in [-0.2, 0) is 4.79 Å². The maximum absolute atomic E-state index is 13.2. The number of hydrogen-bond donors (Lipinski definition) is 1. The summed E-state index contributed by atoms with van der Waals surface area (Å²) in [5, 5.41) is 3.00. The largest absolute Gasteiger partial charge is 0.369 e. The zero-order valence-corrected chi connectivity index (χ0v) is 17.6. The van der Waals surface area contributed by atoms with Crippen molar-refractivity contribution in [3.05, 3.63) is 29.8 Å². The van der Waals surface area contributed by atoms with Gasteiger partial charge >= 0.3 is 0 Å². The van der Waals surface area contributed by atoms with Crippen molar-refractivity contribution < 1.29 is 9.59 Å². The summed E-state index contributed by atoms with van der Waals surface area (Å²) in [4.78, 5) is 28.9. The van der Waals surface area contributed by atoms with Gasteiger partial charge in [0, 0.05) is 49.9 Å². The van der Waals surface area contributed by atoms with Gasteiger partial charge in [0.25, 0.3) is 5.91 Å². The van der Waals surface area contributed by atoms with E-state index in [4.69, 9.17) is 0 Å². The van der Waals surface area contributed by atoms with Crippen molar-refractivity contribution >= 4 is 17.5 Å². The van der Waals surface area contributed by atoms with E-state index in [9.17, 15) is 9.59 Å². The quantitative estimate of drug-likeness (QED) is 0.870. The summed E-state index contributed by atoms with van der Waals surface area (Å²) >= 11 is 0. The number of benzene rings is 1. The second kappa shape index (κ2) is 6.78. The number of likely N-dealkylation sites (tertiary alicyclic amines) is 1. The summed E-state index contributed by atoms with van der Waals surface area (Å²) in [6.45, 7) is 11.2. The average Bonchev–Trinajstić information content (AvgIpc) is 3.14. The highest BCUT2D eigenvalue weighted by molar-refractivity contribution is 5.95. The Bertz CT molecular complexity index is 773. The first kappa shape index (κ1) is 19.3. The van der Waals surface area contributed by atoms with Crippen molar-refractivity contribution in [3.8, 4) is 0 Å². The van der Waals surface area contributed by atoms with E-state index in [2.05, 4.69) is 48.0 Å². The molecule has 3 atom stereocenters. The van der Waals surface area contributed by atoms with Crippen molar-refractivity contribution in [1.82, 2.24) is 10.2 Å². The molecule has 152 valence electrons. The molecule has 0 aromatic heterocycles. The first-order chi connectivity index (χ1) is 13.1. The number of hydrogen-bond acceptors (Lipinski definition) is 3. The van der Waals surface area contributed by atoms with E-state index < -0.39 is 0 Å². The van der Waals surface area contributed by atoms with Gasteiger partial charge < -0.3 is 15.1 Å². The van der Waals surface area contributed by atoms with Crippen molar-refractivity contribution in [2.75, 3.05) is 24.5 Å². The second-order valence-corrected chi connectivity index (χ2v) is 10.3. The first-order valence-corrected chi connectivity index (χ1v) is 10.6. The number of nitrogens with zero attached hydrogens (tertiary/aromatic N) is 2. The van der Waals surface area contributed by atoms with E-state index in [1.165, 1.54) is 6.42 Å². The molecule has 1 saturated carbocycles.